The number of halogens is 3. The number of thiazole rings is 1. The van der Waals surface area contributed by atoms with Crippen LogP contribution in [0.1, 0.15) is 18.4 Å². The van der Waals surface area contributed by atoms with E-state index in [1.54, 1.807) is 11.4 Å². The molecule has 4 rings (SSSR count). The molecule has 0 radical (unpaired) electrons. The van der Waals surface area contributed by atoms with Crippen LogP contribution < -0.4 is 15.2 Å². The van der Waals surface area contributed by atoms with Crippen LogP contribution in [0.15, 0.2) is 58.3 Å². The van der Waals surface area contributed by atoms with Gasteiger partial charge >= 0.3 is 0 Å². The maximum atomic E-state index is 14.0. The zero-order chi connectivity index (χ0) is 23.6. The first kappa shape index (κ1) is 24.0. The van der Waals surface area contributed by atoms with Gasteiger partial charge in [-0.1, -0.05) is 35.3 Å². The van der Waals surface area contributed by atoms with Gasteiger partial charge in [-0.15, -0.1) is 11.3 Å². The van der Waals surface area contributed by atoms with Gasteiger partial charge in [-0.3, -0.25) is 4.72 Å². The lowest BCUT2D eigenvalue weighted by atomic mass is 9.81. The van der Waals surface area contributed by atoms with E-state index in [2.05, 4.69) is 9.71 Å². The third-order valence-electron chi connectivity index (χ3n) is 5.34. The summed E-state index contributed by atoms with van der Waals surface area (Å²) in [6.45, 7) is 0.195. The Morgan fingerprint density at radius 2 is 2.03 bits per heavy atom. The van der Waals surface area contributed by atoms with Gasteiger partial charge in [0.25, 0.3) is 10.0 Å². The molecule has 0 aliphatic heterocycles. The van der Waals surface area contributed by atoms with Crippen molar-refractivity contribution >= 4 is 56.0 Å². The van der Waals surface area contributed by atoms with Crippen LogP contribution in [0.3, 0.4) is 0 Å². The second kappa shape index (κ2) is 9.99. The second-order valence-electron chi connectivity index (χ2n) is 7.52. The topological polar surface area (TPSA) is 94.3 Å². The van der Waals surface area contributed by atoms with Gasteiger partial charge in [0.05, 0.1) is 27.1 Å². The van der Waals surface area contributed by atoms with Crippen molar-refractivity contribution in [3.05, 3.63) is 74.8 Å². The summed E-state index contributed by atoms with van der Waals surface area (Å²) >= 11 is 13.4. The molecule has 0 spiro atoms. The van der Waals surface area contributed by atoms with E-state index in [-0.39, 0.29) is 39.3 Å². The number of hydrogen-bond donors (Lipinski definition) is 2. The average molecular weight is 528 g/mol. The lowest BCUT2D eigenvalue weighted by Gasteiger charge is -2.30. The Morgan fingerprint density at radius 3 is 2.73 bits per heavy atom. The van der Waals surface area contributed by atoms with E-state index in [1.807, 2.05) is 6.08 Å². The molecule has 2 unspecified atom stereocenters. The maximum absolute atomic E-state index is 14.0. The van der Waals surface area contributed by atoms with Crippen LogP contribution >= 0.6 is 34.5 Å². The van der Waals surface area contributed by atoms with Crippen molar-refractivity contribution in [1.82, 2.24) is 4.98 Å². The highest BCUT2D eigenvalue weighted by Gasteiger charge is 2.28. The maximum Gasteiger partial charge on any atom is 0.263 e. The van der Waals surface area contributed by atoms with Crippen molar-refractivity contribution in [2.75, 3.05) is 11.3 Å². The minimum Gasteiger partial charge on any atom is -0.491 e. The molecule has 2 atom stereocenters. The molecule has 33 heavy (non-hydrogen) atoms. The van der Waals surface area contributed by atoms with Gasteiger partial charge in [0, 0.05) is 17.3 Å². The van der Waals surface area contributed by atoms with Crippen LogP contribution in [-0.4, -0.2) is 26.1 Å². The van der Waals surface area contributed by atoms with Crippen molar-refractivity contribution in [1.29, 1.82) is 0 Å². The van der Waals surface area contributed by atoms with E-state index in [4.69, 9.17) is 33.7 Å². The Bertz CT molecular complexity index is 1280. The molecule has 0 bridgehead atoms. The van der Waals surface area contributed by atoms with Crippen molar-refractivity contribution in [2.24, 2.45) is 11.7 Å². The van der Waals surface area contributed by atoms with Gasteiger partial charge in [-0.05, 0) is 54.3 Å². The molecule has 11 heteroatoms. The first-order valence-electron chi connectivity index (χ1n) is 9.99. The van der Waals surface area contributed by atoms with E-state index in [9.17, 15) is 12.8 Å². The van der Waals surface area contributed by atoms with Crippen LogP contribution in [0.5, 0.6) is 5.75 Å². The van der Waals surface area contributed by atoms with Crippen molar-refractivity contribution in [2.45, 2.75) is 23.8 Å². The van der Waals surface area contributed by atoms with Crippen molar-refractivity contribution in [3.8, 4) is 5.75 Å². The molecule has 1 aliphatic carbocycles. The fourth-order valence-corrected chi connectivity index (χ4v) is 5.64. The molecule has 3 aromatic rings. The number of anilines is 1. The third-order valence-corrected chi connectivity index (χ3v) is 7.88. The average Bonchev–Trinajstić information content (AvgIpc) is 3.27. The second-order valence-corrected chi connectivity index (χ2v) is 10.7. The number of ether oxygens (including phenoxy) is 1. The number of nitrogens with two attached hydrogens (primary N) is 1. The third kappa shape index (κ3) is 5.50. The number of sulfonamides is 1. The number of rotatable bonds is 7. The molecule has 6 nitrogen and oxygen atoms in total. The minimum atomic E-state index is -3.84. The van der Waals surface area contributed by atoms with Crippen LogP contribution in [0.25, 0.3) is 5.57 Å². The summed E-state index contributed by atoms with van der Waals surface area (Å²) in [5.41, 5.74) is 9.46. The van der Waals surface area contributed by atoms with Crippen LogP contribution in [0.2, 0.25) is 10.0 Å². The molecule has 0 saturated carbocycles. The normalized spacial score (nSPS) is 18.6. The van der Waals surface area contributed by atoms with E-state index in [1.165, 1.54) is 47.2 Å². The van der Waals surface area contributed by atoms with Crippen molar-refractivity contribution in [3.63, 3.8) is 0 Å². The lowest BCUT2D eigenvalue weighted by molar-refractivity contribution is 0.253. The molecular weight excluding hydrogens is 508 g/mol. The minimum absolute atomic E-state index is 0.0144. The largest absolute Gasteiger partial charge is 0.491 e. The molecule has 3 N–H and O–H groups in total. The predicted molar refractivity (Wildman–Crippen MR) is 130 cm³/mol. The summed E-state index contributed by atoms with van der Waals surface area (Å²) in [4.78, 5) is 3.91. The van der Waals surface area contributed by atoms with Gasteiger partial charge in [0.15, 0.2) is 5.82 Å². The summed E-state index contributed by atoms with van der Waals surface area (Å²) in [5.74, 6) is -0.144. The molecule has 0 fully saturated rings. The van der Waals surface area contributed by atoms with Crippen LogP contribution in [-0.2, 0) is 10.0 Å². The number of nitrogens with zero attached hydrogens (tertiary/aromatic N) is 1. The number of benzene rings is 2. The molecular formula is C22H20Cl2FN3O3S2. The highest BCUT2D eigenvalue weighted by atomic mass is 35.5. The first-order valence-corrected chi connectivity index (χ1v) is 13.2. The summed E-state index contributed by atoms with van der Waals surface area (Å²) in [6.07, 6.45) is 3.57. The Labute approximate surface area is 205 Å². The van der Waals surface area contributed by atoms with E-state index in [0.29, 0.717) is 11.3 Å². The SMILES string of the molecule is NC1CCC=C(c2ccc(Cl)c(F)c2)C1COc1ccc(S(=O)(=O)Nc2cscn2)cc1Cl. The number of nitrogens with one attached hydrogen (secondary N) is 1. The number of hydrogen-bond acceptors (Lipinski definition) is 6. The highest BCUT2D eigenvalue weighted by molar-refractivity contribution is 7.92. The quantitative estimate of drug-likeness (QED) is 0.417. The standard InChI is InChI=1S/C22H20Cl2FN3O3S2/c23-17-6-4-13(8-19(17)25)15-2-1-3-20(26)16(15)10-31-21-7-5-14(9-18(21)24)33(29,30)28-22-11-32-12-27-22/h2,4-9,11-12,16,20,28H,1,3,10,26H2. The van der Waals surface area contributed by atoms with Gasteiger partial charge < -0.3 is 10.5 Å². The van der Waals surface area contributed by atoms with Gasteiger partial charge in [0.1, 0.15) is 11.6 Å². The van der Waals surface area contributed by atoms with Gasteiger partial charge in [0.2, 0.25) is 0 Å². The highest BCUT2D eigenvalue weighted by Crippen LogP contribution is 2.35. The fraction of sp³-hybridized carbons (Fsp3) is 0.227. The summed E-state index contributed by atoms with van der Waals surface area (Å²) in [5, 5.41) is 1.78. The molecule has 0 saturated heterocycles. The van der Waals surface area contributed by atoms with E-state index in [0.717, 1.165) is 18.4 Å². The van der Waals surface area contributed by atoms with Crippen LogP contribution in [0.4, 0.5) is 10.2 Å². The Balaban J connectivity index is 1.51. The Kier molecular flexibility index (Phi) is 7.25. The molecule has 1 heterocycles. The monoisotopic (exact) mass is 527 g/mol. The van der Waals surface area contributed by atoms with E-state index < -0.39 is 15.8 Å². The van der Waals surface area contributed by atoms with Crippen molar-refractivity contribution < 1.29 is 17.5 Å². The Hall–Kier alpha value is -2.17. The number of allylic oxidation sites excluding steroid dienone is 1. The summed E-state index contributed by atoms with van der Waals surface area (Å²) < 4.78 is 47.4. The molecule has 2 aromatic carbocycles. The molecule has 174 valence electrons. The Morgan fingerprint density at radius 1 is 1.21 bits per heavy atom. The zero-order valence-electron chi connectivity index (χ0n) is 17.2. The smallest absolute Gasteiger partial charge is 0.263 e. The predicted octanol–water partition coefficient (Wildman–Crippen LogP) is 5.59. The van der Waals surface area contributed by atoms with Crippen LogP contribution in [0, 0.1) is 11.7 Å². The summed E-state index contributed by atoms with van der Waals surface area (Å²) in [7, 11) is -3.84. The fourth-order valence-electron chi connectivity index (χ4n) is 3.64. The molecule has 0 amide bonds. The zero-order valence-corrected chi connectivity index (χ0v) is 20.3. The first-order chi connectivity index (χ1) is 15.7. The van der Waals surface area contributed by atoms with Gasteiger partial charge in [-0.25, -0.2) is 17.8 Å². The summed E-state index contributed by atoms with van der Waals surface area (Å²) in [6, 6.07) is 8.69. The molecule has 1 aliphatic rings. The molecule has 1 aromatic heterocycles. The van der Waals surface area contributed by atoms with E-state index >= 15 is 0 Å². The lowest BCUT2D eigenvalue weighted by Crippen LogP contribution is -2.36. The number of aromatic nitrogens is 1. The van der Waals surface area contributed by atoms with Gasteiger partial charge in [-0.2, -0.15) is 0 Å².